The van der Waals surface area contributed by atoms with E-state index in [1.165, 1.54) is 4.90 Å². The van der Waals surface area contributed by atoms with Gasteiger partial charge >= 0.3 is 18.0 Å². The third-order valence-corrected chi connectivity index (χ3v) is 2.24. The minimum atomic E-state index is -1.12. The van der Waals surface area contributed by atoms with Gasteiger partial charge in [0.1, 0.15) is 13.1 Å². The number of ether oxygens (including phenoxy) is 1. The summed E-state index contributed by atoms with van der Waals surface area (Å²) in [4.78, 5) is 34.5. The zero-order valence-electron chi connectivity index (χ0n) is 9.64. The quantitative estimate of drug-likeness (QED) is 0.631. The van der Waals surface area contributed by atoms with Gasteiger partial charge in [-0.1, -0.05) is 0 Å². The molecule has 7 heteroatoms. The molecule has 0 atom stereocenters. The summed E-state index contributed by atoms with van der Waals surface area (Å²) in [5.74, 6) is -1.60. The number of carboxylic acids is 1. The number of carbonyl (C=O) groups excluding carboxylic acids is 2. The lowest BCUT2D eigenvalue weighted by Crippen LogP contribution is -2.45. The predicted octanol–water partition coefficient (Wildman–Crippen LogP) is -0.192. The van der Waals surface area contributed by atoms with E-state index in [1.54, 1.807) is 6.92 Å². The molecule has 96 valence electrons. The Kier molecular flexibility index (Phi) is 4.74. The van der Waals surface area contributed by atoms with Crippen molar-refractivity contribution in [3.63, 3.8) is 0 Å². The van der Waals surface area contributed by atoms with Crippen LogP contribution in [0.1, 0.15) is 19.8 Å². The van der Waals surface area contributed by atoms with E-state index in [-0.39, 0.29) is 19.2 Å². The molecule has 0 spiro atoms. The van der Waals surface area contributed by atoms with Gasteiger partial charge in [-0.3, -0.25) is 9.59 Å². The van der Waals surface area contributed by atoms with Gasteiger partial charge in [0.25, 0.3) is 0 Å². The van der Waals surface area contributed by atoms with Crippen LogP contribution < -0.4 is 5.32 Å². The van der Waals surface area contributed by atoms with Crippen LogP contribution in [-0.2, 0) is 14.3 Å². The van der Waals surface area contributed by atoms with Crippen LogP contribution in [-0.4, -0.2) is 53.7 Å². The molecule has 0 aromatic heterocycles. The zero-order valence-corrected chi connectivity index (χ0v) is 9.64. The van der Waals surface area contributed by atoms with Crippen LogP contribution in [0.4, 0.5) is 4.79 Å². The number of amides is 2. The van der Waals surface area contributed by atoms with Crippen LogP contribution >= 0.6 is 0 Å². The number of aliphatic carboxylic acids is 1. The molecule has 0 heterocycles. The third-order valence-electron chi connectivity index (χ3n) is 2.24. The fourth-order valence-corrected chi connectivity index (χ4v) is 1.35. The molecule has 0 unspecified atom stereocenters. The lowest BCUT2D eigenvalue weighted by Gasteiger charge is -2.21. The standard InChI is InChI=1S/C10H16N2O5/c1-2-17-9(15)6-12(7-3-4-7)10(16)11-5-8(13)14/h7H,2-6H2,1H3,(H,11,16)(H,13,14). The number of carboxylic acid groups (broad SMARTS) is 1. The van der Waals surface area contributed by atoms with Crippen LogP contribution in [0.5, 0.6) is 0 Å². The van der Waals surface area contributed by atoms with Crippen molar-refractivity contribution in [2.45, 2.75) is 25.8 Å². The van der Waals surface area contributed by atoms with Crippen molar-refractivity contribution in [3.05, 3.63) is 0 Å². The number of rotatable bonds is 6. The van der Waals surface area contributed by atoms with Crippen LogP contribution in [0.3, 0.4) is 0 Å². The monoisotopic (exact) mass is 244 g/mol. The molecule has 1 aliphatic rings. The molecule has 0 radical (unpaired) electrons. The van der Waals surface area contributed by atoms with Crippen LogP contribution in [0, 0.1) is 0 Å². The smallest absolute Gasteiger partial charge is 0.325 e. The molecule has 0 aromatic rings. The fourth-order valence-electron chi connectivity index (χ4n) is 1.35. The summed E-state index contributed by atoms with van der Waals surface area (Å²) in [5, 5.41) is 10.7. The molecule has 0 saturated heterocycles. The summed E-state index contributed by atoms with van der Waals surface area (Å²) in [5.41, 5.74) is 0. The van der Waals surface area contributed by atoms with E-state index in [0.29, 0.717) is 0 Å². The van der Waals surface area contributed by atoms with Crippen molar-refractivity contribution in [1.29, 1.82) is 0 Å². The van der Waals surface area contributed by atoms with E-state index in [0.717, 1.165) is 12.8 Å². The first-order chi connectivity index (χ1) is 8.04. The summed E-state index contributed by atoms with van der Waals surface area (Å²) in [6.07, 6.45) is 1.67. The van der Waals surface area contributed by atoms with Crippen LogP contribution in [0.25, 0.3) is 0 Å². The Balaban J connectivity index is 2.44. The predicted molar refractivity (Wildman–Crippen MR) is 57.4 cm³/mol. The summed E-state index contributed by atoms with van der Waals surface area (Å²) in [7, 11) is 0. The maximum atomic E-state index is 11.6. The van der Waals surface area contributed by atoms with Gasteiger partial charge in [-0.05, 0) is 19.8 Å². The van der Waals surface area contributed by atoms with Crippen LogP contribution in [0.15, 0.2) is 0 Å². The second-order valence-corrected chi connectivity index (χ2v) is 3.72. The number of nitrogens with one attached hydrogen (secondary N) is 1. The molecule has 1 fully saturated rings. The molecule has 2 N–H and O–H groups in total. The molecular formula is C10H16N2O5. The van der Waals surface area contributed by atoms with E-state index in [2.05, 4.69) is 5.32 Å². The first kappa shape index (κ1) is 13.3. The van der Waals surface area contributed by atoms with Crippen molar-refractivity contribution in [2.24, 2.45) is 0 Å². The van der Waals surface area contributed by atoms with Crippen molar-refractivity contribution >= 4 is 18.0 Å². The maximum absolute atomic E-state index is 11.6. The highest BCUT2D eigenvalue weighted by Crippen LogP contribution is 2.26. The van der Waals surface area contributed by atoms with Gasteiger partial charge in [0.15, 0.2) is 0 Å². The summed E-state index contributed by atoms with van der Waals surface area (Å²) >= 11 is 0. The highest BCUT2D eigenvalue weighted by molar-refractivity contribution is 5.84. The molecule has 1 rings (SSSR count). The second kappa shape index (κ2) is 6.07. The van der Waals surface area contributed by atoms with Crippen molar-refractivity contribution < 1.29 is 24.2 Å². The Hall–Kier alpha value is -1.79. The lowest BCUT2D eigenvalue weighted by molar-refractivity contribution is -0.143. The van der Waals surface area contributed by atoms with Gasteiger partial charge in [-0.2, -0.15) is 0 Å². The van der Waals surface area contributed by atoms with Gasteiger partial charge in [-0.25, -0.2) is 4.79 Å². The van der Waals surface area contributed by atoms with Gasteiger partial charge in [-0.15, -0.1) is 0 Å². The Morgan fingerprint density at radius 1 is 1.41 bits per heavy atom. The molecule has 0 bridgehead atoms. The number of hydrogen-bond acceptors (Lipinski definition) is 4. The normalized spacial score (nSPS) is 13.9. The Morgan fingerprint density at radius 2 is 2.06 bits per heavy atom. The number of hydrogen-bond donors (Lipinski definition) is 2. The zero-order chi connectivity index (χ0) is 12.8. The van der Waals surface area contributed by atoms with Crippen molar-refractivity contribution in [3.8, 4) is 0 Å². The van der Waals surface area contributed by atoms with Gasteiger partial charge in [0.05, 0.1) is 6.61 Å². The van der Waals surface area contributed by atoms with E-state index >= 15 is 0 Å². The SMILES string of the molecule is CCOC(=O)CN(C(=O)NCC(=O)O)C1CC1. The number of nitrogens with zero attached hydrogens (tertiary/aromatic N) is 1. The summed E-state index contributed by atoms with van der Waals surface area (Å²) < 4.78 is 4.75. The Morgan fingerprint density at radius 3 is 2.53 bits per heavy atom. The minimum absolute atomic E-state index is 0.0215. The summed E-state index contributed by atoms with van der Waals surface area (Å²) in [6, 6.07) is -0.517. The maximum Gasteiger partial charge on any atom is 0.325 e. The third kappa shape index (κ3) is 4.71. The average molecular weight is 244 g/mol. The first-order valence-electron chi connectivity index (χ1n) is 5.46. The topological polar surface area (TPSA) is 95.9 Å². The largest absolute Gasteiger partial charge is 0.480 e. The highest BCUT2D eigenvalue weighted by Gasteiger charge is 2.34. The number of esters is 1. The molecule has 0 aliphatic heterocycles. The average Bonchev–Trinajstić information content (AvgIpc) is 3.06. The van der Waals surface area contributed by atoms with Crippen molar-refractivity contribution in [1.82, 2.24) is 10.2 Å². The molecule has 0 aromatic carbocycles. The Bertz CT molecular complexity index is 314. The molecule has 1 saturated carbocycles. The molecule has 17 heavy (non-hydrogen) atoms. The van der Waals surface area contributed by atoms with Gasteiger partial charge in [0.2, 0.25) is 0 Å². The second-order valence-electron chi connectivity index (χ2n) is 3.72. The first-order valence-corrected chi connectivity index (χ1v) is 5.46. The van der Waals surface area contributed by atoms with E-state index in [9.17, 15) is 14.4 Å². The molecule has 7 nitrogen and oxygen atoms in total. The Labute approximate surface area is 98.7 Å². The fraction of sp³-hybridized carbons (Fsp3) is 0.700. The molecule has 2 amide bonds. The molecule has 1 aliphatic carbocycles. The number of carbonyl (C=O) groups is 3. The molecular weight excluding hydrogens is 228 g/mol. The van der Waals surface area contributed by atoms with Gasteiger partial charge in [0, 0.05) is 6.04 Å². The van der Waals surface area contributed by atoms with E-state index in [1.807, 2.05) is 0 Å². The van der Waals surface area contributed by atoms with Crippen molar-refractivity contribution in [2.75, 3.05) is 19.7 Å². The lowest BCUT2D eigenvalue weighted by atomic mass is 10.4. The number of urea groups is 1. The summed E-state index contributed by atoms with van der Waals surface area (Å²) in [6.45, 7) is 1.35. The van der Waals surface area contributed by atoms with Crippen LogP contribution in [0.2, 0.25) is 0 Å². The van der Waals surface area contributed by atoms with Gasteiger partial charge < -0.3 is 20.1 Å². The van der Waals surface area contributed by atoms with E-state index in [4.69, 9.17) is 9.84 Å². The highest BCUT2D eigenvalue weighted by atomic mass is 16.5. The van der Waals surface area contributed by atoms with E-state index < -0.39 is 24.5 Å². The minimum Gasteiger partial charge on any atom is -0.480 e.